The summed E-state index contributed by atoms with van der Waals surface area (Å²) in [6.45, 7) is 0.613. The van der Waals surface area contributed by atoms with Gasteiger partial charge in [0.2, 0.25) is 0 Å². The fourth-order valence-corrected chi connectivity index (χ4v) is 6.25. The summed E-state index contributed by atoms with van der Waals surface area (Å²) in [7, 11) is 0. The van der Waals surface area contributed by atoms with Crippen molar-refractivity contribution >= 4 is 48.9 Å². The van der Waals surface area contributed by atoms with Crippen LogP contribution in [0.4, 0.5) is 0 Å². The molecule has 0 atom stereocenters. The van der Waals surface area contributed by atoms with Gasteiger partial charge in [0.25, 0.3) is 0 Å². The maximum absolute atomic E-state index is 6.23. The van der Waals surface area contributed by atoms with Crippen LogP contribution < -0.4 is 5.32 Å². The number of nitrogens with zero attached hydrogens (tertiary/aromatic N) is 3. The third-order valence-corrected chi connectivity index (χ3v) is 8.33. The molecule has 202 valence electrons. The smallest absolute Gasteiger partial charge is 0.166 e. The maximum Gasteiger partial charge on any atom is 0.166 e. The molecule has 1 aliphatic rings. The second-order valence-corrected chi connectivity index (χ2v) is 10.9. The lowest BCUT2D eigenvalue weighted by Crippen LogP contribution is -2.14. The van der Waals surface area contributed by atoms with E-state index >= 15 is 0 Å². The summed E-state index contributed by atoms with van der Waals surface area (Å²) < 4.78 is 6.23. The van der Waals surface area contributed by atoms with Crippen LogP contribution in [0.25, 0.3) is 71.6 Å². The monoisotopic (exact) mass is 552 g/mol. The molecule has 1 N–H and O–H groups in total. The summed E-state index contributed by atoms with van der Waals surface area (Å²) in [5.41, 5.74) is 4.66. The highest BCUT2D eigenvalue weighted by Gasteiger charge is 2.25. The minimum absolute atomic E-state index is 0.603. The van der Waals surface area contributed by atoms with Crippen LogP contribution in [0.15, 0.2) is 132 Å². The Kier molecular flexibility index (Phi) is 5.19. The van der Waals surface area contributed by atoms with Crippen molar-refractivity contribution in [2.75, 3.05) is 0 Å². The predicted octanol–water partition coefficient (Wildman–Crippen LogP) is 8.90. The van der Waals surface area contributed by atoms with Crippen LogP contribution in [-0.4, -0.2) is 15.0 Å². The first kappa shape index (κ1) is 23.9. The summed E-state index contributed by atoms with van der Waals surface area (Å²) >= 11 is 0. The van der Waals surface area contributed by atoms with Gasteiger partial charge < -0.3 is 9.73 Å². The van der Waals surface area contributed by atoms with Crippen LogP contribution in [0.2, 0.25) is 0 Å². The number of hydrogen-bond acceptors (Lipinski definition) is 5. The van der Waals surface area contributed by atoms with E-state index in [9.17, 15) is 0 Å². The first-order valence-corrected chi connectivity index (χ1v) is 14.4. The molecule has 6 aromatic carbocycles. The van der Waals surface area contributed by atoms with Gasteiger partial charge in [-0.05, 0) is 50.5 Å². The van der Waals surface area contributed by atoms with Gasteiger partial charge in [0, 0.05) is 33.8 Å². The average Bonchev–Trinajstić information content (AvgIpc) is 3.46. The highest BCUT2D eigenvalue weighted by Crippen LogP contribution is 2.37. The van der Waals surface area contributed by atoms with E-state index in [0.717, 1.165) is 49.8 Å². The molecule has 2 aromatic heterocycles. The Labute approximate surface area is 247 Å². The third-order valence-electron chi connectivity index (χ3n) is 8.33. The summed E-state index contributed by atoms with van der Waals surface area (Å²) in [6.07, 6.45) is 2.00. The Morgan fingerprint density at radius 2 is 1.12 bits per heavy atom. The quantitative estimate of drug-likeness (QED) is 0.222. The average molecular weight is 553 g/mol. The molecule has 0 radical (unpaired) electrons. The van der Waals surface area contributed by atoms with Crippen molar-refractivity contribution < 1.29 is 4.42 Å². The van der Waals surface area contributed by atoms with Gasteiger partial charge in [0.1, 0.15) is 11.3 Å². The number of rotatable bonds is 3. The zero-order chi connectivity index (χ0) is 28.3. The number of fused-ring (bicyclic) bond motifs is 7. The summed E-state index contributed by atoms with van der Waals surface area (Å²) in [4.78, 5) is 15.2. The van der Waals surface area contributed by atoms with Crippen LogP contribution in [0.3, 0.4) is 0 Å². The molecule has 0 fully saturated rings. The molecule has 0 amide bonds. The van der Waals surface area contributed by atoms with Gasteiger partial charge in [-0.2, -0.15) is 0 Å². The highest BCUT2D eigenvalue weighted by atomic mass is 16.3. The van der Waals surface area contributed by atoms with E-state index in [4.69, 9.17) is 19.4 Å². The second-order valence-electron chi connectivity index (χ2n) is 10.9. The van der Waals surface area contributed by atoms with Gasteiger partial charge in [-0.15, -0.1) is 0 Å². The van der Waals surface area contributed by atoms with E-state index in [-0.39, 0.29) is 0 Å². The van der Waals surface area contributed by atoms with Crippen molar-refractivity contribution in [2.24, 2.45) is 0 Å². The van der Waals surface area contributed by atoms with Crippen molar-refractivity contribution in [3.05, 3.63) is 145 Å². The number of hydrogen-bond donors (Lipinski definition) is 1. The molecule has 0 bridgehead atoms. The molecular weight excluding hydrogens is 528 g/mol. The molecule has 5 nitrogen and oxygen atoms in total. The third kappa shape index (κ3) is 3.90. The Hall–Kier alpha value is -5.81. The predicted molar refractivity (Wildman–Crippen MR) is 173 cm³/mol. The van der Waals surface area contributed by atoms with Gasteiger partial charge in [-0.1, -0.05) is 103 Å². The molecule has 5 heteroatoms. The van der Waals surface area contributed by atoms with Crippen LogP contribution >= 0.6 is 0 Å². The molecule has 0 saturated carbocycles. The standard InChI is InChI=1S/C38H24N4O/c1-2-9-25-19-27(16-13-23(25)7-1)36-40-37(28-17-18-30-26(20-28)15-14-24-8-3-4-10-29(24)30)42-38(41-36)32-21-39-22-34-35(32)31-11-5-6-12-33(31)43-34/h1-21,39H,22H2. The first-order chi connectivity index (χ1) is 21.3. The fraction of sp³-hybridized carbons (Fsp3) is 0.0263. The first-order valence-electron chi connectivity index (χ1n) is 14.4. The molecule has 1 aliphatic heterocycles. The number of nitrogens with one attached hydrogen (secondary N) is 1. The molecule has 0 unspecified atom stereocenters. The lowest BCUT2D eigenvalue weighted by atomic mass is 9.99. The lowest BCUT2D eigenvalue weighted by Gasteiger charge is -2.16. The SMILES string of the molecule is C1=C(c2nc(-c3ccc4ccccc4c3)nc(-c3ccc4c(ccc5ccccc54)c3)n2)c2c(oc3ccccc23)CN1. The van der Waals surface area contributed by atoms with E-state index in [1.165, 1.54) is 21.5 Å². The van der Waals surface area contributed by atoms with E-state index < -0.39 is 0 Å². The molecule has 0 saturated heterocycles. The minimum atomic E-state index is 0.603. The Bertz CT molecular complexity index is 2420. The van der Waals surface area contributed by atoms with Crippen LogP contribution in [-0.2, 0) is 6.54 Å². The number of aromatic nitrogens is 3. The molecule has 43 heavy (non-hydrogen) atoms. The molecular formula is C38H24N4O. The summed E-state index contributed by atoms with van der Waals surface area (Å²) in [6, 6.07) is 42.1. The Morgan fingerprint density at radius 3 is 1.98 bits per heavy atom. The van der Waals surface area contributed by atoms with Crippen LogP contribution in [0.1, 0.15) is 17.1 Å². The minimum Gasteiger partial charge on any atom is -0.459 e. The molecule has 3 heterocycles. The zero-order valence-electron chi connectivity index (χ0n) is 23.1. The molecule has 8 aromatic rings. The van der Waals surface area contributed by atoms with Gasteiger partial charge in [-0.25, -0.2) is 15.0 Å². The zero-order valence-corrected chi connectivity index (χ0v) is 23.1. The van der Waals surface area contributed by atoms with E-state index in [1.807, 2.05) is 24.4 Å². The molecule has 0 aliphatic carbocycles. The van der Waals surface area contributed by atoms with Gasteiger partial charge in [-0.3, -0.25) is 0 Å². The van der Waals surface area contributed by atoms with Crippen LogP contribution in [0, 0.1) is 0 Å². The summed E-state index contributed by atoms with van der Waals surface area (Å²) in [5, 5.41) is 11.6. The van der Waals surface area contributed by atoms with E-state index in [1.54, 1.807) is 0 Å². The van der Waals surface area contributed by atoms with Gasteiger partial charge in [0.05, 0.1) is 6.54 Å². The highest BCUT2D eigenvalue weighted by molar-refractivity contribution is 6.08. The van der Waals surface area contributed by atoms with Crippen molar-refractivity contribution in [3.8, 4) is 22.8 Å². The number of benzene rings is 6. The molecule has 0 spiro atoms. The number of para-hydroxylation sites is 1. The van der Waals surface area contributed by atoms with Gasteiger partial charge >= 0.3 is 0 Å². The van der Waals surface area contributed by atoms with E-state index in [0.29, 0.717) is 24.0 Å². The Balaban J connectivity index is 1.27. The topological polar surface area (TPSA) is 63.8 Å². The second kappa shape index (κ2) is 9.36. The van der Waals surface area contributed by atoms with Gasteiger partial charge in [0.15, 0.2) is 17.5 Å². The van der Waals surface area contributed by atoms with Crippen molar-refractivity contribution in [2.45, 2.75) is 6.54 Å². The van der Waals surface area contributed by atoms with Crippen molar-refractivity contribution in [3.63, 3.8) is 0 Å². The van der Waals surface area contributed by atoms with Crippen molar-refractivity contribution in [1.82, 2.24) is 20.3 Å². The fourth-order valence-electron chi connectivity index (χ4n) is 6.25. The largest absolute Gasteiger partial charge is 0.459 e. The maximum atomic E-state index is 6.23. The summed E-state index contributed by atoms with van der Waals surface area (Å²) in [5.74, 6) is 2.74. The normalized spacial score (nSPS) is 12.9. The number of furan rings is 1. The lowest BCUT2D eigenvalue weighted by molar-refractivity contribution is 0.531. The van der Waals surface area contributed by atoms with E-state index in [2.05, 4.69) is 108 Å². The van der Waals surface area contributed by atoms with Crippen molar-refractivity contribution in [1.29, 1.82) is 0 Å². The molecule has 9 rings (SSSR count). The Morgan fingerprint density at radius 1 is 0.512 bits per heavy atom. The van der Waals surface area contributed by atoms with Crippen LogP contribution in [0.5, 0.6) is 0 Å².